The zero-order valence-electron chi connectivity index (χ0n) is 14.7. The summed E-state index contributed by atoms with van der Waals surface area (Å²) in [6.45, 7) is 4.53. The van der Waals surface area contributed by atoms with Crippen molar-refractivity contribution >= 4 is 33.8 Å². The van der Waals surface area contributed by atoms with E-state index in [2.05, 4.69) is 29.2 Å². The van der Waals surface area contributed by atoms with E-state index >= 15 is 0 Å². The summed E-state index contributed by atoms with van der Waals surface area (Å²) in [6.07, 6.45) is 3.05. The molecule has 2 aliphatic rings. The van der Waals surface area contributed by atoms with Crippen LogP contribution >= 0.6 is 23.7 Å². The number of fused-ring (bicyclic) bond motifs is 1. The normalized spacial score (nSPS) is 19.7. The van der Waals surface area contributed by atoms with Crippen LogP contribution in [0.25, 0.3) is 0 Å². The molecule has 0 amide bonds. The fourth-order valence-electron chi connectivity index (χ4n) is 3.94. The zero-order valence-corrected chi connectivity index (χ0v) is 17.2. The van der Waals surface area contributed by atoms with E-state index in [1.165, 1.54) is 22.5 Å². The van der Waals surface area contributed by atoms with Gasteiger partial charge in [-0.25, -0.2) is 8.42 Å². The van der Waals surface area contributed by atoms with E-state index in [9.17, 15) is 8.42 Å². The van der Waals surface area contributed by atoms with Crippen molar-refractivity contribution in [3.8, 4) is 0 Å². The molecule has 4 nitrogen and oxygen atoms in total. The summed E-state index contributed by atoms with van der Waals surface area (Å²) in [7, 11) is -3.28. The maximum atomic E-state index is 12.6. The quantitative estimate of drug-likeness (QED) is 0.769. The molecular formula is C19H25ClN2O2S2. The number of piperidine rings is 1. The predicted molar refractivity (Wildman–Crippen MR) is 108 cm³/mol. The Balaban J connectivity index is 0.00000196. The molecule has 7 heteroatoms. The van der Waals surface area contributed by atoms with E-state index in [0.29, 0.717) is 23.2 Å². The summed E-state index contributed by atoms with van der Waals surface area (Å²) in [5.74, 6) is 0.597. The van der Waals surface area contributed by atoms with Crippen molar-refractivity contribution in [3.63, 3.8) is 0 Å². The van der Waals surface area contributed by atoms with Gasteiger partial charge in [-0.1, -0.05) is 30.3 Å². The fourth-order valence-corrected chi connectivity index (χ4v) is 6.56. The molecule has 0 radical (unpaired) electrons. The van der Waals surface area contributed by atoms with Gasteiger partial charge >= 0.3 is 0 Å². The predicted octanol–water partition coefficient (Wildman–Crippen LogP) is 3.63. The third kappa shape index (κ3) is 4.15. The Kier molecular flexibility index (Phi) is 6.41. The van der Waals surface area contributed by atoms with Crippen LogP contribution in [-0.2, 0) is 23.0 Å². The van der Waals surface area contributed by atoms with Crippen LogP contribution in [0.3, 0.4) is 0 Å². The molecule has 0 spiro atoms. The number of thiophene rings is 1. The SMILES string of the molecule is Cl.O=S(=O)(c1cccs1)N1CCC(CN2CCc3ccccc3C2)CC1. The molecule has 2 aromatic rings. The first kappa shape index (κ1) is 19.8. The topological polar surface area (TPSA) is 40.6 Å². The maximum Gasteiger partial charge on any atom is 0.252 e. The zero-order chi connectivity index (χ0) is 17.3. The fraction of sp³-hybridized carbons (Fsp3) is 0.474. The average molecular weight is 413 g/mol. The van der Waals surface area contributed by atoms with Gasteiger partial charge in [-0.05, 0) is 47.8 Å². The molecule has 0 unspecified atom stereocenters. The second kappa shape index (κ2) is 8.40. The smallest absolute Gasteiger partial charge is 0.252 e. The Morgan fingerprint density at radius 3 is 2.42 bits per heavy atom. The Morgan fingerprint density at radius 1 is 1.00 bits per heavy atom. The lowest BCUT2D eigenvalue weighted by atomic mass is 9.94. The number of sulfonamides is 1. The highest BCUT2D eigenvalue weighted by Gasteiger charge is 2.31. The van der Waals surface area contributed by atoms with Gasteiger partial charge < -0.3 is 0 Å². The highest BCUT2D eigenvalue weighted by molar-refractivity contribution is 7.91. The summed E-state index contributed by atoms with van der Waals surface area (Å²) in [4.78, 5) is 2.54. The minimum atomic E-state index is -3.28. The van der Waals surface area contributed by atoms with Crippen LogP contribution in [-0.4, -0.2) is 43.8 Å². The van der Waals surface area contributed by atoms with E-state index in [1.807, 2.05) is 5.38 Å². The lowest BCUT2D eigenvalue weighted by Crippen LogP contribution is -2.42. The van der Waals surface area contributed by atoms with E-state index in [4.69, 9.17) is 0 Å². The molecule has 3 heterocycles. The van der Waals surface area contributed by atoms with Crippen LogP contribution in [0.15, 0.2) is 46.0 Å². The second-order valence-corrected chi connectivity index (χ2v) is 10.1. The summed E-state index contributed by atoms with van der Waals surface area (Å²) in [5, 5.41) is 1.83. The van der Waals surface area contributed by atoms with Crippen molar-refractivity contribution < 1.29 is 8.42 Å². The van der Waals surface area contributed by atoms with Gasteiger partial charge in [0.2, 0.25) is 0 Å². The minimum absolute atomic E-state index is 0. The van der Waals surface area contributed by atoms with Gasteiger partial charge in [0.1, 0.15) is 4.21 Å². The van der Waals surface area contributed by atoms with Gasteiger partial charge in [0.05, 0.1) is 0 Å². The first-order valence-electron chi connectivity index (χ1n) is 8.96. The molecule has 0 saturated carbocycles. The Morgan fingerprint density at radius 2 is 1.73 bits per heavy atom. The number of halogens is 1. The Hall–Kier alpha value is -0.920. The molecule has 0 N–H and O–H groups in total. The molecule has 2 aliphatic heterocycles. The van der Waals surface area contributed by atoms with Crippen LogP contribution in [0.2, 0.25) is 0 Å². The number of benzene rings is 1. The van der Waals surface area contributed by atoms with Crippen molar-refractivity contribution in [2.24, 2.45) is 5.92 Å². The molecule has 0 bridgehead atoms. The van der Waals surface area contributed by atoms with Crippen LogP contribution < -0.4 is 0 Å². The summed E-state index contributed by atoms with van der Waals surface area (Å²) in [5.41, 5.74) is 2.93. The van der Waals surface area contributed by atoms with Gasteiger partial charge in [-0.3, -0.25) is 4.90 Å². The first-order valence-corrected chi connectivity index (χ1v) is 11.3. The molecule has 4 rings (SSSR count). The summed E-state index contributed by atoms with van der Waals surface area (Å²) >= 11 is 1.31. The highest BCUT2D eigenvalue weighted by atomic mass is 35.5. The van der Waals surface area contributed by atoms with Gasteiger partial charge in [-0.15, -0.1) is 23.7 Å². The summed E-state index contributed by atoms with van der Waals surface area (Å²) < 4.78 is 27.4. The first-order chi connectivity index (χ1) is 12.1. The molecule has 142 valence electrons. The van der Waals surface area contributed by atoms with Crippen molar-refractivity contribution in [2.45, 2.75) is 30.0 Å². The number of hydrogen-bond acceptors (Lipinski definition) is 4. The monoisotopic (exact) mass is 412 g/mol. The van der Waals surface area contributed by atoms with Crippen molar-refractivity contribution in [1.29, 1.82) is 0 Å². The Bertz CT molecular complexity index is 816. The number of rotatable bonds is 4. The van der Waals surface area contributed by atoms with Crippen molar-refractivity contribution in [2.75, 3.05) is 26.2 Å². The minimum Gasteiger partial charge on any atom is -0.298 e. The van der Waals surface area contributed by atoms with Gasteiger partial charge in [0, 0.05) is 32.7 Å². The van der Waals surface area contributed by atoms with Crippen LogP contribution in [0, 0.1) is 5.92 Å². The van der Waals surface area contributed by atoms with Gasteiger partial charge in [-0.2, -0.15) is 4.31 Å². The van der Waals surface area contributed by atoms with Crippen molar-refractivity contribution in [3.05, 3.63) is 52.9 Å². The molecule has 26 heavy (non-hydrogen) atoms. The number of nitrogens with zero attached hydrogens (tertiary/aromatic N) is 2. The molecular weight excluding hydrogens is 388 g/mol. The van der Waals surface area contributed by atoms with Crippen LogP contribution in [0.1, 0.15) is 24.0 Å². The molecule has 1 saturated heterocycles. The average Bonchev–Trinajstić information content (AvgIpc) is 3.18. The Labute approximate surface area is 166 Å². The number of hydrogen-bond donors (Lipinski definition) is 0. The molecule has 1 aromatic carbocycles. The lowest BCUT2D eigenvalue weighted by molar-refractivity contribution is 0.171. The maximum absolute atomic E-state index is 12.6. The molecule has 1 aromatic heterocycles. The standard InChI is InChI=1S/C19H24N2O2S2.ClH/c22-25(23,19-6-3-13-24-19)21-11-7-16(8-12-21)14-20-10-9-17-4-1-2-5-18(17)15-20;/h1-6,13,16H,7-12,14-15H2;1H. The third-order valence-electron chi connectivity index (χ3n) is 5.39. The van der Waals surface area contributed by atoms with E-state index in [0.717, 1.165) is 38.9 Å². The van der Waals surface area contributed by atoms with E-state index in [1.54, 1.807) is 16.4 Å². The third-order valence-corrected chi connectivity index (χ3v) is 8.66. The van der Waals surface area contributed by atoms with E-state index < -0.39 is 10.0 Å². The van der Waals surface area contributed by atoms with Crippen LogP contribution in [0.4, 0.5) is 0 Å². The lowest BCUT2D eigenvalue weighted by Gasteiger charge is -2.36. The van der Waals surface area contributed by atoms with Crippen molar-refractivity contribution in [1.82, 2.24) is 9.21 Å². The van der Waals surface area contributed by atoms with E-state index in [-0.39, 0.29) is 12.4 Å². The molecule has 1 fully saturated rings. The summed E-state index contributed by atoms with van der Waals surface area (Å²) in [6, 6.07) is 12.2. The highest BCUT2D eigenvalue weighted by Crippen LogP contribution is 2.28. The van der Waals surface area contributed by atoms with Gasteiger partial charge in [0.15, 0.2) is 0 Å². The largest absolute Gasteiger partial charge is 0.298 e. The van der Waals surface area contributed by atoms with Gasteiger partial charge in [0.25, 0.3) is 10.0 Å². The second-order valence-electron chi connectivity index (χ2n) is 7.03. The molecule has 0 aliphatic carbocycles. The molecule has 0 atom stereocenters. The van der Waals surface area contributed by atoms with Crippen LogP contribution in [0.5, 0.6) is 0 Å².